The molecule has 0 radical (unpaired) electrons. The number of aryl methyl sites for hydroxylation is 1. The summed E-state index contributed by atoms with van der Waals surface area (Å²) in [5, 5.41) is 6.34. The second-order valence-corrected chi connectivity index (χ2v) is 12.2. The van der Waals surface area contributed by atoms with Gasteiger partial charge in [0.25, 0.3) is 0 Å². The quantitative estimate of drug-likeness (QED) is 0.0829. The van der Waals surface area contributed by atoms with Crippen LogP contribution in [0.2, 0.25) is 0 Å². The SMILES string of the molecule is CCCCCCCCCCCCCCOc1c(CC(=O)Nc2ccc(C[n+]3ccsc3C)cc2)cccc1C(C)=O. The standard InChI is InChI=1S/C35H48N2O3S/c1-4-5-6-7-8-9-10-11-12-13-14-15-24-40-35-31(17-16-18-33(35)28(2)38)26-34(39)36-32-21-19-30(20-22-32)27-37-23-25-41-29(37)3/h16-23,25H,4-15,24,26-27H2,1-3H3/p+1. The van der Waals surface area contributed by atoms with Gasteiger partial charge in [-0.3, -0.25) is 9.59 Å². The maximum Gasteiger partial charge on any atom is 0.234 e. The highest BCUT2D eigenvalue weighted by atomic mass is 32.1. The zero-order valence-electron chi connectivity index (χ0n) is 25.4. The number of amides is 1. The second-order valence-electron chi connectivity index (χ2n) is 11.1. The lowest BCUT2D eigenvalue weighted by atomic mass is 10.0. The summed E-state index contributed by atoms with van der Waals surface area (Å²) in [4.78, 5) is 25.2. The van der Waals surface area contributed by atoms with Crippen LogP contribution in [-0.4, -0.2) is 18.3 Å². The topological polar surface area (TPSA) is 59.3 Å². The molecule has 222 valence electrons. The average Bonchev–Trinajstić information content (AvgIpc) is 3.36. The summed E-state index contributed by atoms with van der Waals surface area (Å²) < 4.78 is 8.35. The van der Waals surface area contributed by atoms with Crippen molar-refractivity contribution in [2.75, 3.05) is 11.9 Å². The number of nitrogens with one attached hydrogen (secondary N) is 1. The normalized spacial score (nSPS) is 11.0. The van der Waals surface area contributed by atoms with Crippen molar-refractivity contribution in [1.82, 2.24) is 0 Å². The van der Waals surface area contributed by atoms with Crippen molar-refractivity contribution in [3.05, 3.63) is 75.7 Å². The lowest BCUT2D eigenvalue weighted by Crippen LogP contribution is -2.34. The Balaban J connectivity index is 1.42. The van der Waals surface area contributed by atoms with Crippen LogP contribution < -0.4 is 14.6 Å². The summed E-state index contributed by atoms with van der Waals surface area (Å²) in [6, 6.07) is 13.5. The minimum Gasteiger partial charge on any atom is -0.493 e. The molecule has 0 spiro atoms. The molecule has 3 rings (SSSR count). The van der Waals surface area contributed by atoms with Crippen LogP contribution in [0, 0.1) is 6.92 Å². The lowest BCUT2D eigenvalue weighted by molar-refractivity contribution is -0.689. The van der Waals surface area contributed by atoms with Crippen molar-refractivity contribution in [3.63, 3.8) is 0 Å². The van der Waals surface area contributed by atoms with E-state index in [0.717, 1.165) is 30.6 Å². The summed E-state index contributed by atoms with van der Waals surface area (Å²) in [6.45, 7) is 7.28. The maximum absolute atomic E-state index is 12.9. The number of nitrogens with zero attached hydrogens (tertiary/aromatic N) is 1. The third-order valence-corrected chi connectivity index (χ3v) is 8.38. The van der Waals surface area contributed by atoms with E-state index < -0.39 is 0 Å². The van der Waals surface area contributed by atoms with Gasteiger partial charge in [-0.25, -0.2) is 0 Å². The summed E-state index contributed by atoms with van der Waals surface area (Å²) in [6.07, 6.45) is 17.7. The Bertz CT molecular complexity index is 1200. The number of aromatic nitrogens is 1. The smallest absolute Gasteiger partial charge is 0.234 e. The fraction of sp³-hybridized carbons (Fsp3) is 0.514. The second kappa shape index (κ2) is 18.4. The molecule has 0 aliphatic heterocycles. The Labute approximate surface area is 251 Å². The molecule has 0 fully saturated rings. The Morgan fingerprint density at radius 2 is 1.49 bits per heavy atom. The van der Waals surface area contributed by atoms with Crippen LogP contribution in [0.4, 0.5) is 5.69 Å². The number of ether oxygens (including phenoxy) is 1. The predicted molar refractivity (Wildman–Crippen MR) is 170 cm³/mol. The molecule has 0 saturated heterocycles. The molecule has 6 heteroatoms. The molecule has 0 bridgehead atoms. The first-order valence-corrected chi connectivity index (χ1v) is 16.4. The molecule has 3 aromatic rings. The number of carbonyl (C=O) groups excluding carboxylic acids is 2. The average molecular weight is 578 g/mol. The van der Waals surface area contributed by atoms with Crippen LogP contribution >= 0.6 is 11.3 Å². The van der Waals surface area contributed by atoms with Crippen molar-refractivity contribution < 1.29 is 18.9 Å². The van der Waals surface area contributed by atoms with Gasteiger partial charge in [-0.15, -0.1) is 0 Å². The van der Waals surface area contributed by atoms with E-state index in [1.165, 1.54) is 74.8 Å². The number of carbonyl (C=O) groups is 2. The van der Waals surface area contributed by atoms with E-state index in [2.05, 4.69) is 35.3 Å². The van der Waals surface area contributed by atoms with Crippen LogP contribution in [0.5, 0.6) is 5.75 Å². The molecular weight excluding hydrogens is 528 g/mol. The number of benzene rings is 2. The van der Waals surface area contributed by atoms with Crippen molar-refractivity contribution in [3.8, 4) is 5.75 Å². The van der Waals surface area contributed by atoms with Crippen LogP contribution in [-0.2, 0) is 17.8 Å². The van der Waals surface area contributed by atoms with Crippen LogP contribution in [0.1, 0.15) is 117 Å². The van der Waals surface area contributed by atoms with Gasteiger partial charge in [0, 0.05) is 23.7 Å². The molecule has 1 heterocycles. The van der Waals surface area contributed by atoms with Crippen molar-refractivity contribution in [1.29, 1.82) is 0 Å². The Morgan fingerprint density at radius 3 is 2.07 bits per heavy atom. The maximum atomic E-state index is 12.9. The van der Waals surface area contributed by atoms with Gasteiger partial charge in [-0.2, -0.15) is 4.57 Å². The van der Waals surface area contributed by atoms with Gasteiger partial charge in [-0.05, 0) is 31.5 Å². The molecule has 1 N–H and O–H groups in total. The highest BCUT2D eigenvalue weighted by Gasteiger charge is 2.16. The van der Waals surface area contributed by atoms with E-state index in [4.69, 9.17) is 4.74 Å². The van der Waals surface area contributed by atoms with Crippen molar-refractivity contribution >= 4 is 28.7 Å². The van der Waals surface area contributed by atoms with Gasteiger partial charge in [0.15, 0.2) is 18.5 Å². The molecule has 0 saturated carbocycles. The fourth-order valence-corrected chi connectivity index (χ4v) is 5.76. The first-order chi connectivity index (χ1) is 20.0. The molecule has 1 amide bonds. The number of hydrogen-bond acceptors (Lipinski definition) is 4. The molecule has 0 unspecified atom stereocenters. The number of anilines is 1. The predicted octanol–water partition coefficient (Wildman–Crippen LogP) is 8.86. The van der Waals surface area contributed by atoms with Crippen LogP contribution in [0.3, 0.4) is 0 Å². The Kier molecular flexibility index (Phi) is 14.6. The molecule has 1 aromatic heterocycles. The fourth-order valence-electron chi connectivity index (χ4n) is 5.10. The van der Waals surface area contributed by atoms with E-state index in [1.54, 1.807) is 24.3 Å². The van der Waals surface area contributed by atoms with Crippen molar-refractivity contribution in [2.45, 2.75) is 111 Å². The van der Waals surface area contributed by atoms with Gasteiger partial charge >= 0.3 is 0 Å². The van der Waals surface area contributed by atoms with Crippen LogP contribution in [0.15, 0.2) is 54.0 Å². The van der Waals surface area contributed by atoms with E-state index in [9.17, 15) is 9.59 Å². The number of hydrogen-bond donors (Lipinski definition) is 1. The van der Waals surface area contributed by atoms with E-state index in [1.807, 2.05) is 36.4 Å². The zero-order valence-corrected chi connectivity index (χ0v) is 26.2. The third-order valence-electron chi connectivity index (χ3n) is 7.55. The molecule has 0 atom stereocenters. The highest BCUT2D eigenvalue weighted by Crippen LogP contribution is 2.26. The number of ketones is 1. The number of thiazole rings is 1. The minimum atomic E-state index is -0.128. The summed E-state index contributed by atoms with van der Waals surface area (Å²) in [5.41, 5.74) is 3.22. The lowest BCUT2D eigenvalue weighted by Gasteiger charge is -2.15. The molecule has 5 nitrogen and oxygen atoms in total. The van der Waals surface area contributed by atoms with Gasteiger partial charge in [0.1, 0.15) is 5.75 Å². The molecule has 41 heavy (non-hydrogen) atoms. The summed E-state index contributed by atoms with van der Waals surface area (Å²) in [5.74, 6) is 0.375. The first-order valence-electron chi connectivity index (χ1n) is 15.6. The van der Waals surface area contributed by atoms with Gasteiger partial charge in [0.05, 0.1) is 24.0 Å². The molecule has 0 aliphatic rings. The van der Waals surface area contributed by atoms with Gasteiger partial charge in [0.2, 0.25) is 10.9 Å². The monoisotopic (exact) mass is 577 g/mol. The van der Waals surface area contributed by atoms with Gasteiger partial charge < -0.3 is 10.1 Å². The number of para-hydroxylation sites is 1. The first kappa shape index (κ1) is 32.5. The van der Waals surface area contributed by atoms with Crippen molar-refractivity contribution in [2.24, 2.45) is 0 Å². The Morgan fingerprint density at radius 1 is 0.854 bits per heavy atom. The largest absolute Gasteiger partial charge is 0.493 e. The highest BCUT2D eigenvalue weighted by molar-refractivity contribution is 7.09. The Hall–Kier alpha value is -2.99. The zero-order chi connectivity index (χ0) is 29.3. The van der Waals surface area contributed by atoms with E-state index >= 15 is 0 Å². The minimum absolute atomic E-state index is 0.0498. The molecule has 0 aliphatic carbocycles. The number of rotatable bonds is 20. The molecular formula is C35H49N2O3S+. The summed E-state index contributed by atoms with van der Waals surface area (Å²) >= 11 is 1.73. The van der Waals surface area contributed by atoms with E-state index in [-0.39, 0.29) is 18.1 Å². The number of Topliss-reactive ketones (excluding diaryl/α,β-unsaturated/α-hetero) is 1. The molecule has 2 aromatic carbocycles. The van der Waals surface area contributed by atoms with Gasteiger partial charge in [-0.1, -0.05) is 113 Å². The third kappa shape index (κ3) is 11.8. The number of unbranched alkanes of at least 4 members (excludes halogenated alkanes) is 11. The van der Waals surface area contributed by atoms with E-state index in [0.29, 0.717) is 17.9 Å². The van der Waals surface area contributed by atoms with Crippen LogP contribution in [0.25, 0.3) is 0 Å². The summed E-state index contributed by atoms with van der Waals surface area (Å²) in [7, 11) is 0.